The third-order valence-electron chi connectivity index (χ3n) is 2.09. The van der Waals surface area contributed by atoms with E-state index in [4.69, 9.17) is 16.3 Å². The number of thioether (sulfide) groups is 1. The fraction of sp³-hybridized carbons (Fsp3) is 0.714. The largest absolute Gasteiger partial charge is 0.328 e. The smallest absolute Gasteiger partial charge is 0.150 e. The summed E-state index contributed by atoms with van der Waals surface area (Å²) < 4.78 is 1.92. The van der Waals surface area contributed by atoms with E-state index in [1.54, 1.807) is 0 Å². The van der Waals surface area contributed by atoms with Crippen LogP contribution in [0.4, 0.5) is 0 Å². The first-order valence-corrected chi connectivity index (χ1v) is 5.49. The molecular weight excluding hydrogens is 204 g/mol. The second kappa shape index (κ2) is 4.73. The van der Waals surface area contributed by atoms with Crippen molar-refractivity contribution >= 4 is 23.7 Å². The quantitative estimate of drug-likeness (QED) is 0.559. The molecule has 0 aromatic heterocycles. The van der Waals surface area contributed by atoms with Gasteiger partial charge in [0.15, 0.2) is 0 Å². The van der Waals surface area contributed by atoms with Crippen molar-refractivity contribution in [3.05, 3.63) is 0 Å². The van der Waals surface area contributed by atoms with Gasteiger partial charge in [-0.05, 0) is 24.6 Å². The Labute approximate surface area is 86.2 Å². The van der Waals surface area contributed by atoms with Crippen molar-refractivity contribution in [3.63, 3.8) is 0 Å². The summed E-state index contributed by atoms with van der Waals surface area (Å²) in [4.78, 5) is -0.338. The Morgan fingerprint density at radius 3 is 2.77 bits per heavy atom. The van der Waals surface area contributed by atoms with Crippen molar-refractivity contribution < 1.29 is 0 Å². The minimum atomic E-state index is -0.338. The summed E-state index contributed by atoms with van der Waals surface area (Å²) in [6.07, 6.45) is 1.89. The van der Waals surface area contributed by atoms with E-state index in [0.29, 0.717) is 6.54 Å². The van der Waals surface area contributed by atoms with Gasteiger partial charge in [-0.1, -0.05) is 0 Å². The number of hydrogen-bond acceptors (Lipinski definition) is 6. The first kappa shape index (κ1) is 10.7. The number of hydrogen-bond donors (Lipinski definition) is 1. The summed E-state index contributed by atoms with van der Waals surface area (Å²) >= 11 is 2.27. The molecule has 1 saturated heterocycles. The molecule has 1 rings (SSSR count). The van der Waals surface area contributed by atoms with Gasteiger partial charge in [-0.15, -0.1) is 0 Å². The third kappa shape index (κ3) is 2.09. The average molecular weight is 214 g/mol. The van der Waals surface area contributed by atoms with E-state index >= 15 is 0 Å². The molecule has 1 heterocycles. The Hall–Kier alpha value is -0.400. The van der Waals surface area contributed by atoms with Crippen LogP contribution in [0.2, 0.25) is 0 Å². The van der Waals surface area contributed by atoms with Gasteiger partial charge in [-0.25, -0.2) is 4.31 Å². The molecule has 4 nitrogen and oxygen atoms in total. The molecule has 6 heteroatoms. The Bertz CT molecular complexity index is 256. The maximum Gasteiger partial charge on any atom is 0.150 e. The van der Waals surface area contributed by atoms with Gasteiger partial charge in [-0.3, -0.25) is 0 Å². The van der Waals surface area contributed by atoms with Crippen LogP contribution >= 0.6 is 23.7 Å². The molecule has 0 saturated carbocycles. The number of nitrogens with zero attached hydrogens (tertiary/aromatic N) is 3. The average Bonchev–Trinajstić information content (AvgIpc) is 2.51. The molecule has 1 aliphatic heterocycles. The van der Waals surface area contributed by atoms with Gasteiger partial charge in [0.2, 0.25) is 0 Å². The maximum atomic E-state index is 8.65. The predicted octanol–water partition coefficient (Wildman–Crippen LogP) is 1.08. The molecule has 0 aromatic rings. The summed E-state index contributed by atoms with van der Waals surface area (Å²) in [7, 11) is 0. The van der Waals surface area contributed by atoms with Crippen LogP contribution in [0.1, 0.15) is 12.8 Å². The van der Waals surface area contributed by atoms with Gasteiger partial charge in [0.1, 0.15) is 15.7 Å². The number of nitriles is 2. The second-order valence-corrected chi connectivity index (χ2v) is 4.68. The van der Waals surface area contributed by atoms with Crippen LogP contribution in [0.15, 0.2) is 0 Å². The minimum Gasteiger partial charge on any atom is -0.328 e. The van der Waals surface area contributed by atoms with Crippen LogP contribution in [0.25, 0.3) is 0 Å². The molecule has 1 unspecified atom stereocenters. The van der Waals surface area contributed by atoms with Crippen LogP contribution in [-0.2, 0) is 0 Å². The van der Waals surface area contributed by atoms with Crippen molar-refractivity contribution in [1.82, 2.24) is 4.31 Å². The fourth-order valence-corrected chi connectivity index (χ4v) is 3.01. The molecule has 13 heavy (non-hydrogen) atoms. The first-order valence-electron chi connectivity index (χ1n) is 3.90. The highest BCUT2D eigenvalue weighted by Crippen LogP contribution is 2.41. The van der Waals surface area contributed by atoms with Crippen LogP contribution in [-0.4, -0.2) is 22.3 Å². The third-order valence-corrected chi connectivity index (χ3v) is 4.10. The van der Waals surface area contributed by atoms with E-state index in [1.807, 2.05) is 9.71 Å². The highest BCUT2D eigenvalue weighted by Gasteiger charge is 2.41. The molecule has 1 atom stereocenters. The van der Waals surface area contributed by atoms with E-state index < -0.39 is 0 Å². The van der Waals surface area contributed by atoms with Crippen LogP contribution in [0.5, 0.6) is 0 Å². The van der Waals surface area contributed by atoms with Gasteiger partial charge >= 0.3 is 0 Å². The summed E-state index contributed by atoms with van der Waals surface area (Å²) in [5.41, 5.74) is 5.64. The second-order valence-electron chi connectivity index (χ2n) is 2.73. The van der Waals surface area contributed by atoms with Gasteiger partial charge in [-0.2, -0.15) is 10.5 Å². The molecule has 0 spiro atoms. The van der Waals surface area contributed by atoms with E-state index in [2.05, 4.69) is 5.40 Å². The summed E-state index contributed by atoms with van der Waals surface area (Å²) in [6, 6.07) is 0. The molecule has 70 valence electrons. The zero-order valence-electron chi connectivity index (χ0n) is 7.06. The zero-order chi connectivity index (χ0) is 9.73. The molecule has 0 amide bonds. The highest BCUT2D eigenvalue weighted by molar-refractivity contribution is 8.07. The van der Waals surface area contributed by atoms with Gasteiger partial charge in [0, 0.05) is 25.0 Å². The van der Waals surface area contributed by atoms with Gasteiger partial charge in [0.05, 0.1) is 0 Å². The van der Waals surface area contributed by atoms with Crippen molar-refractivity contribution in [2.75, 3.05) is 13.1 Å². The lowest BCUT2D eigenvalue weighted by Gasteiger charge is -2.31. The zero-order valence-corrected chi connectivity index (χ0v) is 8.70. The standard InChI is InChI=1S/C7H10N4S2/c8-4-7(12-5-9)2-1-3-11(7)13-6-10/h1-4,8H2. The molecule has 2 N–H and O–H groups in total. The number of rotatable bonds is 3. The van der Waals surface area contributed by atoms with E-state index in [0.717, 1.165) is 31.3 Å². The van der Waals surface area contributed by atoms with E-state index in [1.165, 1.54) is 11.8 Å². The van der Waals surface area contributed by atoms with Gasteiger partial charge in [0.25, 0.3) is 0 Å². The highest BCUT2D eigenvalue weighted by atomic mass is 32.2. The van der Waals surface area contributed by atoms with Crippen molar-refractivity contribution in [2.24, 2.45) is 5.73 Å². The topological polar surface area (TPSA) is 76.8 Å². The molecule has 0 aromatic carbocycles. The van der Waals surface area contributed by atoms with E-state index in [9.17, 15) is 0 Å². The fourth-order valence-electron chi connectivity index (χ4n) is 1.44. The normalized spacial score (nSPS) is 28.2. The lowest BCUT2D eigenvalue weighted by atomic mass is 10.2. The molecular formula is C7H10N4S2. The van der Waals surface area contributed by atoms with Gasteiger partial charge < -0.3 is 5.73 Å². The molecule has 0 aliphatic carbocycles. The van der Waals surface area contributed by atoms with Crippen molar-refractivity contribution in [1.29, 1.82) is 10.5 Å². The molecule has 0 bridgehead atoms. The Balaban J connectivity index is 2.73. The first-order chi connectivity index (χ1) is 6.29. The number of nitrogens with two attached hydrogens (primary N) is 1. The lowest BCUT2D eigenvalue weighted by molar-refractivity contribution is 0.404. The molecule has 1 fully saturated rings. The summed E-state index contributed by atoms with van der Waals surface area (Å²) in [5.74, 6) is 0. The minimum absolute atomic E-state index is 0.338. The van der Waals surface area contributed by atoms with Crippen molar-refractivity contribution in [3.8, 4) is 10.8 Å². The molecule has 0 radical (unpaired) electrons. The predicted molar refractivity (Wildman–Crippen MR) is 54.1 cm³/mol. The summed E-state index contributed by atoms with van der Waals surface area (Å²) in [5, 5.41) is 21.3. The van der Waals surface area contributed by atoms with Crippen molar-refractivity contribution in [2.45, 2.75) is 17.7 Å². The Morgan fingerprint density at radius 1 is 1.46 bits per heavy atom. The SMILES string of the molecule is N#CSN1CCCC1(CN)SC#N. The summed E-state index contributed by atoms with van der Waals surface area (Å²) in [6.45, 7) is 1.25. The Morgan fingerprint density at radius 2 is 2.23 bits per heavy atom. The van der Waals surface area contributed by atoms with Crippen LogP contribution in [0, 0.1) is 21.3 Å². The number of thiocyanates is 2. The van der Waals surface area contributed by atoms with Crippen LogP contribution in [0.3, 0.4) is 0 Å². The lowest BCUT2D eigenvalue weighted by Crippen LogP contribution is -2.42. The monoisotopic (exact) mass is 214 g/mol. The molecule has 1 aliphatic rings. The van der Waals surface area contributed by atoms with E-state index in [-0.39, 0.29) is 4.87 Å². The Kier molecular flexibility index (Phi) is 3.89. The maximum absolute atomic E-state index is 8.65. The van der Waals surface area contributed by atoms with Crippen LogP contribution < -0.4 is 5.73 Å².